The zero-order valence-electron chi connectivity index (χ0n) is 12.1. The largest absolute Gasteiger partial charge is 0.493 e. The highest BCUT2D eigenvalue weighted by molar-refractivity contribution is 5.76. The van der Waals surface area contributed by atoms with Crippen LogP contribution in [0, 0.1) is 5.92 Å². The molecule has 0 bridgehead atoms. The predicted molar refractivity (Wildman–Crippen MR) is 76.5 cm³/mol. The summed E-state index contributed by atoms with van der Waals surface area (Å²) in [6, 6.07) is 5.39. The summed E-state index contributed by atoms with van der Waals surface area (Å²) < 4.78 is 10.5. The first-order valence-electron chi connectivity index (χ1n) is 7.10. The predicted octanol–water partition coefficient (Wildman–Crippen LogP) is 3.45. The molecule has 0 amide bonds. The maximum Gasteiger partial charge on any atom is 0.310 e. The van der Waals surface area contributed by atoms with E-state index in [1.807, 2.05) is 6.07 Å². The van der Waals surface area contributed by atoms with Crippen molar-refractivity contribution in [2.75, 3.05) is 14.2 Å². The van der Waals surface area contributed by atoms with Crippen LogP contribution in [0.4, 0.5) is 0 Å². The molecule has 4 heteroatoms. The number of hydrogen-bond acceptors (Lipinski definition) is 3. The van der Waals surface area contributed by atoms with Crippen LogP contribution in [0.15, 0.2) is 18.2 Å². The molecule has 110 valence electrons. The fourth-order valence-corrected chi connectivity index (χ4v) is 3.03. The monoisotopic (exact) mass is 278 g/mol. The minimum atomic E-state index is -0.760. The third-order valence-electron chi connectivity index (χ3n) is 4.15. The molecule has 1 aromatic rings. The fraction of sp³-hybridized carbons (Fsp3) is 0.562. The molecule has 1 saturated carbocycles. The lowest BCUT2D eigenvalue weighted by atomic mass is 9.88. The second-order valence-corrected chi connectivity index (χ2v) is 5.39. The third kappa shape index (κ3) is 3.24. The van der Waals surface area contributed by atoms with E-state index in [9.17, 15) is 9.90 Å². The summed E-state index contributed by atoms with van der Waals surface area (Å²) in [5, 5.41) is 9.51. The minimum absolute atomic E-state index is 0.460. The van der Waals surface area contributed by atoms with Gasteiger partial charge in [0, 0.05) is 0 Å². The molecule has 0 heterocycles. The van der Waals surface area contributed by atoms with Gasteiger partial charge in [0.2, 0.25) is 0 Å². The molecule has 1 N–H and O–H groups in total. The van der Waals surface area contributed by atoms with Crippen LogP contribution in [0.3, 0.4) is 0 Å². The second-order valence-electron chi connectivity index (χ2n) is 5.39. The van der Waals surface area contributed by atoms with Gasteiger partial charge in [-0.15, -0.1) is 0 Å². The van der Waals surface area contributed by atoms with Crippen molar-refractivity contribution in [1.82, 2.24) is 0 Å². The summed E-state index contributed by atoms with van der Waals surface area (Å²) in [5.74, 6) is 0.523. The number of hydrogen-bond donors (Lipinski definition) is 1. The summed E-state index contributed by atoms with van der Waals surface area (Å²) in [7, 11) is 3.14. The topological polar surface area (TPSA) is 55.8 Å². The Morgan fingerprint density at radius 3 is 2.45 bits per heavy atom. The molecule has 0 saturated heterocycles. The Morgan fingerprint density at radius 1 is 1.25 bits per heavy atom. The molecule has 0 unspecified atom stereocenters. The van der Waals surface area contributed by atoms with E-state index in [4.69, 9.17) is 9.47 Å². The molecule has 1 aromatic carbocycles. The minimum Gasteiger partial charge on any atom is -0.493 e. The Morgan fingerprint density at radius 2 is 1.90 bits per heavy atom. The molecule has 20 heavy (non-hydrogen) atoms. The van der Waals surface area contributed by atoms with Gasteiger partial charge in [0.05, 0.1) is 20.1 Å². The highest BCUT2D eigenvalue weighted by atomic mass is 16.5. The van der Waals surface area contributed by atoms with E-state index < -0.39 is 11.9 Å². The lowest BCUT2D eigenvalue weighted by Crippen LogP contribution is -2.15. The van der Waals surface area contributed by atoms with Crippen LogP contribution in [-0.2, 0) is 4.79 Å². The van der Waals surface area contributed by atoms with Gasteiger partial charge in [-0.25, -0.2) is 0 Å². The molecule has 0 aliphatic heterocycles. The van der Waals surface area contributed by atoms with Gasteiger partial charge >= 0.3 is 5.97 Å². The Bertz CT molecular complexity index is 464. The number of carboxylic acids is 1. The van der Waals surface area contributed by atoms with Crippen molar-refractivity contribution >= 4 is 5.97 Å². The first-order chi connectivity index (χ1) is 9.65. The first kappa shape index (κ1) is 14.7. The van der Waals surface area contributed by atoms with Gasteiger partial charge in [-0.2, -0.15) is 0 Å². The van der Waals surface area contributed by atoms with Crippen molar-refractivity contribution in [3.8, 4) is 11.5 Å². The zero-order chi connectivity index (χ0) is 14.5. The quantitative estimate of drug-likeness (QED) is 0.866. The molecule has 0 aromatic heterocycles. The van der Waals surface area contributed by atoms with E-state index in [2.05, 4.69) is 0 Å². The van der Waals surface area contributed by atoms with Crippen molar-refractivity contribution in [1.29, 1.82) is 0 Å². The third-order valence-corrected chi connectivity index (χ3v) is 4.15. The Balaban J connectivity index is 2.22. The van der Waals surface area contributed by atoms with Crippen molar-refractivity contribution in [2.45, 2.75) is 38.0 Å². The van der Waals surface area contributed by atoms with Crippen molar-refractivity contribution in [3.05, 3.63) is 23.8 Å². The molecule has 1 aliphatic carbocycles. The van der Waals surface area contributed by atoms with Crippen molar-refractivity contribution < 1.29 is 19.4 Å². The first-order valence-corrected chi connectivity index (χ1v) is 7.10. The van der Waals surface area contributed by atoms with E-state index in [1.54, 1.807) is 26.4 Å². The van der Waals surface area contributed by atoms with Gasteiger partial charge in [-0.1, -0.05) is 31.7 Å². The van der Waals surface area contributed by atoms with Gasteiger partial charge < -0.3 is 14.6 Å². The van der Waals surface area contributed by atoms with E-state index >= 15 is 0 Å². The molecule has 0 radical (unpaired) electrons. The Labute approximate surface area is 119 Å². The highest BCUT2D eigenvalue weighted by Gasteiger charge is 2.27. The van der Waals surface area contributed by atoms with E-state index in [0.717, 1.165) is 18.4 Å². The van der Waals surface area contributed by atoms with Crippen LogP contribution >= 0.6 is 0 Å². The summed E-state index contributed by atoms with van der Waals surface area (Å²) in [6.07, 6.45) is 5.46. The molecule has 0 spiro atoms. The average molecular weight is 278 g/mol. The molecule has 1 atom stereocenters. The SMILES string of the molecule is COc1ccc([C@@H](CC2CCCC2)C(=O)O)cc1OC. The van der Waals surface area contributed by atoms with Crippen LogP contribution in [0.1, 0.15) is 43.6 Å². The molecule has 4 nitrogen and oxygen atoms in total. The van der Waals surface area contributed by atoms with Crippen LogP contribution in [0.2, 0.25) is 0 Å². The van der Waals surface area contributed by atoms with Crippen molar-refractivity contribution in [3.63, 3.8) is 0 Å². The number of benzene rings is 1. The highest BCUT2D eigenvalue weighted by Crippen LogP contribution is 2.37. The Hall–Kier alpha value is -1.71. The lowest BCUT2D eigenvalue weighted by molar-refractivity contribution is -0.139. The van der Waals surface area contributed by atoms with Gasteiger partial charge in [0.25, 0.3) is 0 Å². The summed E-state index contributed by atoms with van der Waals surface area (Å²) in [6.45, 7) is 0. The van der Waals surface area contributed by atoms with Crippen LogP contribution in [0.25, 0.3) is 0 Å². The maximum atomic E-state index is 11.6. The van der Waals surface area contributed by atoms with Crippen LogP contribution in [-0.4, -0.2) is 25.3 Å². The van der Waals surface area contributed by atoms with Gasteiger partial charge in [0.1, 0.15) is 0 Å². The summed E-state index contributed by atoms with van der Waals surface area (Å²) in [5.41, 5.74) is 0.794. The fourth-order valence-electron chi connectivity index (χ4n) is 3.03. The van der Waals surface area contributed by atoms with Gasteiger partial charge in [0.15, 0.2) is 11.5 Å². The zero-order valence-corrected chi connectivity index (χ0v) is 12.1. The van der Waals surface area contributed by atoms with Gasteiger partial charge in [-0.3, -0.25) is 4.79 Å². The smallest absolute Gasteiger partial charge is 0.310 e. The lowest BCUT2D eigenvalue weighted by Gasteiger charge is -2.18. The van der Waals surface area contributed by atoms with Crippen LogP contribution in [0.5, 0.6) is 11.5 Å². The number of carbonyl (C=O) groups is 1. The number of rotatable bonds is 6. The molecule has 1 fully saturated rings. The second kappa shape index (κ2) is 6.64. The van der Waals surface area contributed by atoms with Crippen molar-refractivity contribution in [2.24, 2.45) is 5.92 Å². The standard InChI is InChI=1S/C16H22O4/c1-19-14-8-7-12(10-15(14)20-2)13(16(17)18)9-11-5-3-4-6-11/h7-8,10-11,13H,3-6,9H2,1-2H3,(H,17,18)/t13-/m1/s1. The normalized spacial score (nSPS) is 16.9. The van der Waals surface area contributed by atoms with E-state index in [0.29, 0.717) is 23.8 Å². The van der Waals surface area contributed by atoms with Crippen LogP contribution < -0.4 is 9.47 Å². The summed E-state index contributed by atoms with van der Waals surface area (Å²) in [4.78, 5) is 11.6. The number of methoxy groups -OCH3 is 2. The van der Waals surface area contributed by atoms with E-state index in [1.165, 1.54) is 12.8 Å². The Kier molecular flexibility index (Phi) is 4.88. The number of carboxylic acid groups (broad SMARTS) is 1. The van der Waals surface area contributed by atoms with E-state index in [-0.39, 0.29) is 0 Å². The molecular formula is C16H22O4. The summed E-state index contributed by atoms with van der Waals surface area (Å²) >= 11 is 0. The average Bonchev–Trinajstić information content (AvgIpc) is 2.96. The van der Waals surface area contributed by atoms with Gasteiger partial charge in [-0.05, 0) is 30.0 Å². The maximum absolute atomic E-state index is 11.6. The number of aliphatic carboxylic acids is 1. The number of ether oxygens (including phenoxy) is 2. The molecular weight excluding hydrogens is 256 g/mol. The molecule has 2 rings (SSSR count). The molecule has 1 aliphatic rings.